The average molecular weight is 247 g/mol. The molecule has 0 saturated carbocycles. The quantitative estimate of drug-likeness (QED) is 0.745. The van der Waals surface area contributed by atoms with Crippen LogP contribution in [-0.2, 0) is 15.5 Å². The average Bonchev–Trinajstić information content (AvgIpc) is 2.07. The van der Waals surface area contributed by atoms with Gasteiger partial charge >= 0.3 is 6.09 Å². The predicted octanol–water partition coefficient (Wildman–Crippen LogP) is 1.62. The molecule has 1 saturated heterocycles. The number of amides is 1. The number of hydrogen-bond donors (Lipinski definition) is 0. The van der Waals surface area contributed by atoms with Crippen molar-refractivity contribution >= 4 is 16.9 Å². The van der Waals surface area contributed by atoms with Gasteiger partial charge in [0.25, 0.3) is 0 Å². The molecule has 16 heavy (non-hydrogen) atoms. The zero-order valence-electron chi connectivity index (χ0n) is 10.6. The molecular formula is C11H21NO3S. The number of likely N-dealkylation sites (tertiary alicyclic amines) is 1. The smallest absolute Gasteiger partial charge is 0.410 e. The Bertz CT molecular complexity index is 298. The van der Waals surface area contributed by atoms with Gasteiger partial charge in [-0.15, -0.1) is 0 Å². The van der Waals surface area contributed by atoms with Crippen molar-refractivity contribution in [3.8, 4) is 0 Å². The Hall–Kier alpha value is -0.580. The number of hydrogen-bond acceptors (Lipinski definition) is 3. The lowest BCUT2D eigenvalue weighted by Crippen LogP contribution is -2.59. The van der Waals surface area contributed by atoms with Crippen molar-refractivity contribution in [1.29, 1.82) is 0 Å². The molecule has 1 aliphatic heterocycles. The molecule has 0 bridgehead atoms. The summed E-state index contributed by atoms with van der Waals surface area (Å²) in [5.74, 6) is 1.01. The highest BCUT2D eigenvalue weighted by Crippen LogP contribution is 2.27. The van der Waals surface area contributed by atoms with Crippen LogP contribution < -0.4 is 0 Å². The van der Waals surface area contributed by atoms with Gasteiger partial charge in [-0.3, -0.25) is 4.21 Å². The summed E-state index contributed by atoms with van der Waals surface area (Å²) in [7, 11) is -0.791. The summed E-state index contributed by atoms with van der Waals surface area (Å²) in [6, 6.07) is 0.138. The zero-order valence-corrected chi connectivity index (χ0v) is 11.5. The van der Waals surface area contributed by atoms with Crippen LogP contribution >= 0.6 is 0 Å². The van der Waals surface area contributed by atoms with Crippen molar-refractivity contribution in [1.82, 2.24) is 4.90 Å². The van der Waals surface area contributed by atoms with Gasteiger partial charge in [-0.05, 0) is 27.7 Å². The first-order chi connectivity index (χ1) is 7.20. The summed E-state index contributed by atoms with van der Waals surface area (Å²) in [4.78, 5) is 13.4. The summed E-state index contributed by atoms with van der Waals surface area (Å²) in [5.41, 5.74) is -0.449. The molecule has 5 heteroatoms. The van der Waals surface area contributed by atoms with Gasteiger partial charge in [0, 0.05) is 41.3 Å². The van der Waals surface area contributed by atoms with Crippen molar-refractivity contribution < 1.29 is 13.7 Å². The van der Waals surface area contributed by atoms with E-state index in [2.05, 4.69) is 0 Å². The second kappa shape index (κ2) is 4.73. The monoisotopic (exact) mass is 247 g/mol. The lowest BCUT2D eigenvalue weighted by molar-refractivity contribution is -0.0200. The maximum Gasteiger partial charge on any atom is 0.410 e. The number of carbonyl (C=O) groups excluding carboxylic acids is 1. The van der Waals surface area contributed by atoms with E-state index in [0.29, 0.717) is 18.2 Å². The molecule has 4 nitrogen and oxygen atoms in total. The molecule has 1 heterocycles. The Morgan fingerprint density at radius 1 is 1.50 bits per heavy atom. The lowest BCUT2D eigenvalue weighted by Gasteiger charge is -2.46. The van der Waals surface area contributed by atoms with Gasteiger partial charge in [-0.25, -0.2) is 4.79 Å². The molecule has 3 atom stereocenters. The molecule has 0 aromatic rings. The molecule has 1 fully saturated rings. The van der Waals surface area contributed by atoms with Gasteiger partial charge in [-0.1, -0.05) is 0 Å². The van der Waals surface area contributed by atoms with E-state index in [0.717, 1.165) is 0 Å². The summed E-state index contributed by atoms with van der Waals surface area (Å²) >= 11 is 0. The minimum atomic E-state index is -0.791. The van der Waals surface area contributed by atoms with Crippen LogP contribution in [0.1, 0.15) is 27.7 Å². The van der Waals surface area contributed by atoms with Crippen LogP contribution in [0.15, 0.2) is 0 Å². The van der Waals surface area contributed by atoms with Gasteiger partial charge in [0.2, 0.25) is 0 Å². The normalized spacial score (nSPS) is 27.2. The number of carbonyl (C=O) groups is 1. The van der Waals surface area contributed by atoms with Crippen molar-refractivity contribution in [2.24, 2.45) is 5.92 Å². The number of rotatable bonds is 2. The fourth-order valence-electron chi connectivity index (χ4n) is 1.74. The summed E-state index contributed by atoms with van der Waals surface area (Å²) in [6.45, 7) is 8.20. The van der Waals surface area contributed by atoms with Crippen LogP contribution in [0.2, 0.25) is 0 Å². The van der Waals surface area contributed by atoms with E-state index in [1.165, 1.54) is 0 Å². The maximum atomic E-state index is 11.7. The highest BCUT2D eigenvalue weighted by Gasteiger charge is 2.40. The van der Waals surface area contributed by atoms with Gasteiger partial charge in [0.05, 0.1) is 0 Å². The summed E-state index contributed by atoms with van der Waals surface area (Å²) in [6.07, 6.45) is 1.43. The molecule has 94 valence electrons. The van der Waals surface area contributed by atoms with Crippen LogP contribution in [0, 0.1) is 5.92 Å². The summed E-state index contributed by atoms with van der Waals surface area (Å²) < 4.78 is 16.4. The Labute approximate surface area is 99.8 Å². The third kappa shape index (κ3) is 3.47. The Morgan fingerprint density at radius 2 is 2.06 bits per heavy atom. The predicted molar refractivity (Wildman–Crippen MR) is 64.8 cm³/mol. The van der Waals surface area contributed by atoms with Gasteiger partial charge in [0.15, 0.2) is 0 Å². The topological polar surface area (TPSA) is 46.6 Å². The molecular weight excluding hydrogens is 226 g/mol. The second-order valence-electron chi connectivity index (χ2n) is 5.37. The van der Waals surface area contributed by atoms with Gasteiger partial charge < -0.3 is 9.64 Å². The van der Waals surface area contributed by atoms with Crippen LogP contribution in [0.5, 0.6) is 0 Å². The number of ether oxygens (including phenoxy) is 1. The van der Waals surface area contributed by atoms with Gasteiger partial charge in [-0.2, -0.15) is 0 Å². The zero-order chi connectivity index (χ0) is 12.5. The standard InChI is InChI=1S/C11H21NO3S/c1-8-9(7-16(5)14)6-12(8)10(13)15-11(2,3)4/h8-9H,6-7H2,1-5H3/t8-,9-,16+/m0/s1. The van der Waals surface area contributed by atoms with E-state index >= 15 is 0 Å². The summed E-state index contributed by atoms with van der Waals surface area (Å²) in [5, 5.41) is 0. The second-order valence-corrected chi connectivity index (χ2v) is 6.85. The largest absolute Gasteiger partial charge is 0.444 e. The van der Waals surface area contributed by atoms with Crippen molar-refractivity contribution in [3.05, 3.63) is 0 Å². The van der Waals surface area contributed by atoms with E-state index in [1.807, 2.05) is 27.7 Å². The molecule has 1 amide bonds. The first kappa shape index (κ1) is 13.5. The molecule has 0 aliphatic carbocycles. The number of nitrogens with zero attached hydrogens (tertiary/aromatic N) is 1. The first-order valence-electron chi connectivity index (χ1n) is 5.50. The lowest BCUT2D eigenvalue weighted by atomic mass is 9.92. The van der Waals surface area contributed by atoms with Crippen molar-refractivity contribution in [2.45, 2.75) is 39.3 Å². The Morgan fingerprint density at radius 3 is 2.44 bits per heavy atom. The molecule has 1 aliphatic rings. The highest BCUT2D eigenvalue weighted by molar-refractivity contribution is 7.84. The minimum absolute atomic E-state index is 0.138. The molecule has 0 N–H and O–H groups in total. The maximum absolute atomic E-state index is 11.7. The molecule has 0 unspecified atom stereocenters. The molecule has 1 rings (SSSR count). The fourth-order valence-corrected chi connectivity index (χ4v) is 2.73. The first-order valence-corrected chi connectivity index (χ1v) is 7.23. The van der Waals surface area contributed by atoms with Crippen molar-refractivity contribution in [3.63, 3.8) is 0 Å². The molecule has 0 radical (unpaired) electrons. The van der Waals surface area contributed by atoms with E-state index < -0.39 is 16.4 Å². The van der Waals surface area contributed by atoms with Gasteiger partial charge in [0.1, 0.15) is 5.60 Å². The third-order valence-electron chi connectivity index (χ3n) is 2.68. The minimum Gasteiger partial charge on any atom is -0.444 e. The van der Waals surface area contributed by atoms with Crippen LogP contribution in [-0.4, -0.2) is 45.4 Å². The van der Waals surface area contributed by atoms with Crippen LogP contribution in [0.4, 0.5) is 4.79 Å². The molecule has 0 aromatic heterocycles. The SMILES string of the molecule is C[C@H]1[C@H](C[S@@](C)=O)CN1C(=O)OC(C)(C)C. The van der Waals surface area contributed by atoms with E-state index in [1.54, 1.807) is 11.2 Å². The van der Waals surface area contributed by atoms with E-state index in [-0.39, 0.29) is 12.1 Å². The van der Waals surface area contributed by atoms with Crippen molar-refractivity contribution in [2.75, 3.05) is 18.6 Å². The van der Waals surface area contributed by atoms with E-state index in [9.17, 15) is 9.00 Å². The van der Waals surface area contributed by atoms with Crippen LogP contribution in [0.3, 0.4) is 0 Å². The van der Waals surface area contributed by atoms with E-state index in [4.69, 9.17) is 4.74 Å². The molecule has 0 aromatic carbocycles. The molecule has 0 spiro atoms. The third-order valence-corrected chi connectivity index (χ3v) is 3.58. The van der Waals surface area contributed by atoms with Crippen LogP contribution in [0.25, 0.3) is 0 Å². The Balaban J connectivity index is 2.43. The highest BCUT2D eigenvalue weighted by atomic mass is 32.2. The Kier molecular flexibility index (Phi) is 3.99. The fraction of sp³-hybridized carbons (Fsp3) is 0.909.